The van der Waals surface area contributed by atoms with Gasteiger partial charge in [-0.2, -0.15) is 5.10 Å². The van der Waals surface area contributed by atoms with Crippen LogP contribution in [0.1, 0.15) is 18.2 Å². The number of aryl methyl sites for hydroxylation is 2. The van der Waals surface area contributed by atoms with Gasteiger partial charge in [0.25, 0.3) is 0 Å². The summed E-state index contributed by atoms with van der Waals surface area (Å²) >= 11 is 11.2. The molecule has 2 heterocycles. The van der Waals surface area contributed by atoms with Gasteiger partial charge in [0, 0.05) is 24.9 Å². The standard InChI is InChI=1S/C14H14ClFN4S/c1-3-11-8(6-19(2)18-11)7-20-13-4-9(15)10(16)5-12(13)17-14(20)21/h4-6H,3,7H2,1-2H3,(H,17,21). The number of nitrogens with zero attached hydrogens (tertiary/aromatic N) is 3. The van der Waals surface area contributed by atoms with E-state index in [4.69, 9.17) is 23.8 Å². The number of hydrogen-bond acceptors (Lipinski definition) is 2. The third-order valence-electron chi connectivity index (χ3n) is 3.47. The molecule has 0 saturated heterocycles. The molecular weight excluding hydrogens is 311 g/mol. The highest BCUT2D eigenvalue weighted by atomic mass is 35.5. The minimum atomic E-state index is -0.455. The number of hydrogen-bond donors (Lipinski definition) is 1. The zero-order valence-electron chi connectivity index (χ0n) is 11.7. The highest BCUT2D eigenvalue weighted by Crippen LogP contribution is 2.24. The second-order valence-electron chi connectivity index (χ2n) is 4.93. The summed E-state index contributed by atoms with van der Waals surface area (Å²) in [5.74, 6) is -0.455. The van der Waals surface area contributed by atoms with Crippen LogP contribution >= 0.6 is 23.8 Å². The molecule has 0 unspecified atom stereocenters. The lowest BCUT2D eigenvalue weighted by atomic mass is 10.2. The second-order valence-corrected chi connectivity index (χ2v) is 5.72. The van der Waals surface area contributed by atoms with Crippen molar-refractivity contribution in [2.24, 2.45) is 7.05 Å². The number of benzene rings is 1. The van der Waals surface area contributed by atoms with Crippen molar-refractivity contribution in [1.82, 2.24) is 19.3 Å². The highest BCUT2D eigenvalue weighted by Gasteiger charge is 2.12. The molecule has 0 aliphatic heterocycles. The van der Waals surface area contributed by atoms with Crippen molar-refractivity contribution in [1.29, 1.82) is 0 Å². The first-order valence-corrected chi connectivity index (χ1v) is 7.37. The summed E-state index contributed by atoms with van der Waals surface area (Å²) in [5.41, 5.74) is 3.56. The minimum Gasteiger partial charge on any atom is -0.330 e. The normalized spacial score (nSPS) is 11.4. The maximum Gasteiger partial charge on any atom is 0.178 e. The molecule has 0 aliphatic carbocycles. The van der Waals surface area contributed by atoms with Gasteiger partial charge >= 0.3 is 0 Å². The topological polar surface area (TPSA) is 38.5 Å². The fraction of sp³-hybridized carbons (Fsp3) is 0.286. The molecule has 4 nitrogen and oxygen atoms in total. The van der Waals surface area contributed by atoms with E-state index in [1.165, 1.54) is 6.07 Å². The van der Waals surface area contributed by atoms with Gasteiger partial charge in [-0.3, -0.25) is 4.68 Å². The third-order valence-corrected chi connectivity index (χ3v) is 4.08. The summed E-state index contributed by atoms with van der Waals surface area (Å²) in [4.78, 5) is 3.01. The fourth-order valence-electron chi connectivity index (χ4n) is 2.49. The molecule has 0 radical (unpaired) electrons. The van der Waals surface area contributed by atoms with Crippen molar-refractivity contribution in [2.45, 2.75) is 19.9 Å². The quantitative estimate of drug-likeness (QED) is 0.743. The molecule has 21 heavy (non-hydrogen) atoms. The Morgan fingerprint density at radius 2 is 2.19 bits per heavy atom. The highest BCUT2D eigenvalue weighted by molar-refractivity contribution is 7.71. The van der Waals surface area contributed by atoms with Gasteiger partial charge in [0.05, 0.1) is 28.3 Å². The van der Waals surface area contributed by atoms with E-state index in [9.17, 15) is 4.39 Å². The van der Waals surface area contributed by atoms with Crippen LogP contribution in [0.4, 0.5) is 4.39 Å². The summed E-state index contributed by atoms with van der Waals surface area (Å²) in [6.07, 6.45) is 2.83. The predicted molar refractivity (Wildman–Crippen MR) is 83.8 cm³/mol. The first-order valence-electron chi connectivity index (χ1n) is 6.58. The van der Waals surface area contributed by atoms with Crippen molar-refractivity contribution in [3.05, 3.63) is 45.2 Å². The molecule has 7 heteroatoms. The van der Waals surface area contributed by atoms with Gasteiger partial charge in [-0.15, -0.1) is 0 Å². The Balaban J connectivity index is 2.14. The minimum absolute atomic E-state index is 0.0900. The first-order chi connectivity index (χ1) is 9.99. The lowest BCUT2D eigenvalue weighted by Gasteiger charge is -2.05. The molecular formula is C14H14ClFN4S. The molecule has 0 fully saturated rings. The summed E-state index contributed by atoms with van der Waals surface area (Å²) in [6, 6.07) is 2.97. The monoisotopic (exact) mass is 324 g/mol. The van der Waals surface area contributed by atoms with E-state index < -0.39 is 5.82 Å². The van der Waals surface area contributed by atoms with Crippen LogP contribution in [0.5, 0.6) is 0 Å². The number of imidazole rings is 1. The summed E-state index contributed by atoms with van der Waals surface area (Å²) in [6.45, 7) is 2.64. The Kier molecular flexibility index (Phi) is 3.59. The maximum atomic E-state index is 13.5. The predicted octanol–water partition coefficient (Wildman–Crippen LogP) is 3.84. The van der Waals surface area contributed by atoms with Crippen LogP contribution in [0.3, 0.4) is 0 Å². The van der Waals surface area contributed by atoms with Gasteiger partial charge < -0.3 is 9.55 Å². The zero-order valence-corrected chi connectivity index (χ0v) is 13.2. The van der Waals surface area contributed by atoms with E-state index >= 15 is 0 Å². The number of H-pyrrole nitrogens is 1. The van der Waals surface area contributed by atoms with Crippen LogP contribution < -0.4 is 0 Å². The average molecular weight is 325 g/mol. The molecule has 0 bridgehead atoms. The lowest BCUT2D eigenvalue weighted by Crippen LogP contribution is -2.01. The van der Waals surface area contributed by atoms with E-state index in [-0.39, 0.29) is 5.02 Å². The molecule has 110 valence electrons. The van der Waals surface area contributed by atoms with Crippen molar-refractivity contribution in [3.8, 4) is 0 Å². The molecule has 0 atom stereocenters. The van der Waals surface area contributed by atoms with Gasteiger partial charge in [0.1, 0.15) is 5.82 Å². The van der Waals surface area contributed by atoms with Gasteiger partial charge in [0.15, 0.2) is 4.77 Å². The molecule has 3 rings (SSSR count). The van der Waals surface area contributed by atoms with Crippen molar-refractivity contribution in [3.63, 3.8) is 0 Å². The molecule has 3 aromatic rings. The van der Waals surface area contributed by atoms with E-state index in [2.05, 4.69) is 17.0 Å². The average Bonchev–Trinajstić information content (AvgIpc) is 2.93. The van der Waals surface area contributed by atoms with Crippen LogP contribution in [-0.2, 0) is 20.0 Å². The fourth-order valence-corrected chi connectivity index (χ4v) is 2.92. The van der Waals surface area contributed by atoms with Crippen LogP contribution in [0, 0.1) is 10.6 Å². The summed E-state index contributed by atoms with van der Waals surface area (Å²) in [7, 11) is 1.89. The van der Waals surface area contributed by atoms with Gasteiger partial charge in [-0.25, -0.2) is 4.39 Å². The zero-order chi connectivity index (χ0) is 15.1. The van der Waals surface area contributed by atoms with Gasteiger partial charge in [0.2, 0.25) is 0 Å². The first kappa shape index (κ1) is 14.3. The molecule has 0 saturated carbocycles. The van der Waals surface area contributed by atoms with Crippen LogP contribution in [0.15, 0.2) is 18.3 Å². The largest absolute Gasteiger partial charge is 0.330 e. The lowest BCUT2D eigenvalue weighted by molar-refractivity contribution is 0.629. The number of fused-ring (bicyclic) bond motifs is 1. The number of nitrogens with one attached hydrogen (secondary N) is 1. The molecule has 0 aliphatic rings. The van der Waals surface area contributed by atoms with Crippen molar-refractivity contribution >= 4 is 34.9 Å². The number of halogens is 2. The molecule has 0 spiro atoms. The van der Waals surface area contributed by atoms with Gasteiger partial charge in [-0.05, 0) is 24.7 Å². The van der Waals surface area contributed by atoms with Crippen LogP contribution in [0.25, 0.3) is 11.0 Å². The van der Waals surface area contributed by atoms with Crippen LogP contribution in [0.2, 0.25) is 5.02 Å². The van der Waals surface area contributed by atoms with E-state index in [0.717, 1.165) is 23.2 Å². The number of aromatic nitrogens is 4. The van der Waals surface area contributed by atoms with Gasteiger partial charge in [-0.1, -0.05) is 18.5 Å². The van der Waals surface area contributed by atoms with Crippen molar-refractivity contribution < 1.29 is 4.39 Å². The van der Waals surface area contributed by atoms with E-state index in [1.54, 1.807) is 10.7 Å². The molecule has 2 aromatic heterocycles. The smallest absolute Gasteiger partial charge is 0.178 e. The summed E-state index contributed by atoms with van der Waals surface area (Å²) < 4.78 is 17.8. The second kappa shape index (κ2) is 5.27. The summed E-state index contributed by atoms with van der Waals surface area (Å²) in [5, 5.41) is 4.51. The Labute approximate surface area is 131 Å². The Bertz CT molecular complexity index is 877. The molecule has 1 aromatic carbocycles. The maximum absolute atomic E-state index is 13.5. The van der Waals surface area contributed by atoms with E-state index in [1.807, 2.05) is 17.8 Å². The molecule has 0 amide bonds. The van der Waals surface area contributed by atoms with Crippen molar-refractivity contribution in [2.75, 3.05) is 0 Å². The number of aromatic amines is 1. The Morgan fingerprint density at radius 3 is 2.90 bits per heavy atom. The van der Waals surface area contributed by atoms with E-state index in [0.29, 0.717) is 16.8 Å². The van der Waals surface area contributed by atoms with Crippen LogP contribution in [-0.4, -0.2) is 19.3 Å². The Morgan fingerprint density at radius 1 is 1.43 bits per heavy atom. The SMILES string of the molecule is CCc1nn(C)cc1Cn1c(=S)[nH]c2cc(F)c(Cl)cc21. The third kappa shape index (κ3) is 2.49. The number of rotatable bonds is 3. The molecule has 1 N–H and O–H groups in total. The Hall–Kier alpha value is -1.66.